The molecule has 2 rings (SSSR count). The van der Waals surface area contributed by atoms with Gasteiger partial charge in [-0.2, -0.15) is 0 Å². The van der Waals surface area contributed by atoms with E-state index >= 15 is 0 Å². The lowest BCUT2D eigenvalue weighted by atomic mass is 9.86. The molecule has 3 N–H and O–H groups in total. The maximum atomic E-state index is 12.4. The van der Waals surface area contributed by atoms with E-state index in [2.05, 4.69) is 12.2 Å². The van der Waals surface area contributed by atoms with Crippen molar-refractivity contribution in [1.29, 1.82) is 0 Å². The van der Waals surface area contributed by atoms with Crippen LogP contribution in [0.5, 0.6) is 0 Å². The topological polar surface area (TPSA) is 75.4 Å². The summed E-state index contributed by atoms with van der Waals surface area (Å²) in [6.45, 7) is 7.43. The Labute approximate surface area is 152 Å². The maximum absolute atomic E-state index is 12.4. The molecule has 1 saturated heterocycles. The van der Waals surface area contributed by atoms with Crippen LogP contribution in [0.4, 0.5) is 0 Å². The number of halogens is 1. The van der Waals surface area contributed by atoms with Gasteiger partial charge < -0.3 is 16.0 Å². The van der Waals surface area contributed by atoms with Gasteiger partial charge in [0.2, 0.25) is 11.8 Å². The number of nitrogens with two attached hydrogens (primary N) is 1. The molecule has 0 aromatic rings. The molecule has 5 nitrogen and oxygen atoms in total. The van der Waals surface area contributed by atoms with E-state index in [1.165, 1.54) is 12.8 Å². The second-order valence-electron chi connectivity index (χ2n) is 7.65. The van der Waals surface area contributed by atoms with Crippen molar-refractivity contribution >= 4 is 24.2 Å². The van der Waals surface area contributed by atoms with Crippen LogP contribution in [-0.4, -0.2) is 41.4 Å². The van der Waals surface area contributed by atoms with Crippen molar-refractivity contribution in [2.24, 2.45) is 17.6 Å². The molecule has 1 saturated carbocycles. The Kier molecular flexibility index (Phi) is 8.00. The van der Waals surface area contributed by atoms with Gasteiger partial charge >= 0.3 is 0 Å². The third kappa shape index (κ3) is 5.09. The van der Waals surface area contributed by atoms with Gasteiger partial charge in [-0.05, 0) is 44.4 Å². The number of nitrogens with one attached hydrogen (secondary N) is 1. The Hall–Kier alpha value is -0.810. The van der Waals surface area contributed by atoms with Gasteiger partial charge in [-0.1, -0.05) is 20.8 Å². The lowest BCUT2D eigenvalue weighted by Gasteiger charge is -2.33. The summed E-state index contributed by atoms with van der Waals surface area (Å²) in [4.78, 5) is 26.7. The van der Waals surface area contributed by atoms with Crippen molar-refractivity contribution in [1.82, 2.24) is 10.2 Å². The van der Waals surface area contributed by atoms with Crippen LogP contribution in [0.1, 0.15) is 65.7 Å². The minimum atomic E-state index is -0.336. The van der Waals surface area contributed by atoms with Crippen LogP contribution in [0.15, 0.2) is 0 Å². The SMILES string of the molecule is CCC(N)(CC)CNC(=O)C1CC(=O)N(C2CCC(C)CC2)C1.Cl. The van der Waals surface area contributed by atoms with E-state index in [0.717, 1.165) is 31.6 Å². The smallest absolute Gasteiger partial charge is 0.225 e. The first-order valence-electron chi connectivity index (χ1n) is 9.24. The Morgan fingerprint density at radius 2 is 1.83 bits per heavy atom. The van der Waals surface area contributed by atoms with Gasteiger partial charge in [0, 0.05) is 31.1 Å². The van der Waals surface area contributed by atoms with E-state index in [0.29, 0.717) is 25.6 Å². The van der Waals surface area contributed by atoms with Crippen molar-refractivity contribution in [2.75, 3.05) is 13.1 Å². The monoisotopic (exact) mass is 359 g/mol. The van der Waals surface area contributed by atoms with Crippen LogP contribution in [-0.2, 0) is 9.59 Å². The van der Waals surface area contributed by atoms with Gasteiger partial charge in [0.05, 0.1) is 5.92 Å². The molecule has 0 spiro atoms. The Morgan fingerprint density at radius 3 is 2.38 bits per heavy atom. The molecular weight excluding hydrogens is 326 g/mol. The fourth-order valence-corrected chi connectivity index (χ4v) is 3.72. The molecule has 0 aromatic carbocycles. The van der Waals surface area contributed by atoms with Gasteiger partial charge in [0.15, 0.2) is 0 Å². The largest absolute Gasteiger partial charge is 0.354 e. The molecule has 1 aliphatic carbocycles. The van der Waals surface area contributed by atoms with Crippen LogP contribution < -0.4 is 11.1 Å². The molecule has 0 aromatic heterocycles. The number of nitrogens with zero attached hydrogens (tertiary/aromatic N) is 1. The highest BCUT2D eigenvalue weighted by Crippen LogP contribution is 2.31. The van der Waals surface area contributed by atoms with Gasteiger partial charge in [0.1, 0.15) is 0 Å². The van der Waals surface area contributed by atoms with Gasteiger partial charge in [-0.15, -0.1) is 12.4 Å². The number of likely N-dealkylation sites (tertiary alicyclic amines) is 1. The Balaban J connectivity index is 0.00000288. The zero-order chi connectivity index (χ0) is 17.0. The molecule has 1 unspecified atom stereocenters. The van der Waals surface area contributed by atoms with Crippen molar-refractivity contribution in [3.8, 4) is 0 Å². The van der Waals surface area contributed by atoms with E-state index in [4.69, 9.17) is 5.73 Å². The standard InChI is InChI=1S/C18H33N3O2.ClH/c1-4-18(19,5-2)12-20-17(23)14-10-16(22)21(11-14)15-8-6-13(3)7-9-15;/h13-15H,4-12,19H2,1-3H3,(H,20,23);1H. The van der Waals surface area contributed by atoms with Crippen LogP contribution >= 0.6 is 12.4 Å². The number of rotatable bonds is 6. The summed E-state index contributed by atoms with van der Waals surface area (Å²) in [5.41, 5.74) is 5.90. The average Bonchev–Trinajstić information content (AvgIpc) is 2.95. The van der Waals surface area contributed by atoms with E-state index < -0.39 is 0 Å². The summed E-state index contributed by atoms with van der Waals surface area (Å²) in [5, 5.41) is 2.98. The molecule has 6 heteroatoms. The normalized spacial score (nSPS) is 27.8. The summed E-state index contributed by atoms with van der Waals surface area (Å²) >= 11 is 0. The number of carbonyl (C=O) groups excluding carboxylic acids is 2. The van der Waals surface area contributed by atoms with Crippen LogP contribution in [0.2, 0.25) is 0 Å². The lowest BCUT2D eigenvalue weighted by Crippen LogP contribution is -2.50. The molecule has 2 aliphatic rings. The number of carbonyl (C=O) groups is 2. The van der Waals surface area contributed by atoms with Crippen LogP contribution in [0.3, 0.4) is 0 Å². The molecule has 140 valence electrons. The summed E-state index contributed by atoms with van der Waals surface area (Å²) in [6.07, 6.45) is 6.56. The molecule has 2 amide bonds. The molecule has 0 radical (unpaired) electrons. The summed E-state index contributed by atoms with van der Waals surface area (Å²) in [5.74, 6) is 0.695. The van der Waals surface area contributed by atoms with Gasteiger partial charge in [-0.25, -0.2) is 0 Å². The zero-order valence-corrected chi connectivity index (χ0v) is 16.2. The highest BCUT2D eigenvalue weighted by atomic mass is 35.5. The van der Waals surface area contributed by atoms with Crippen molar-refractivity contribution in [3.05, 3.63) is 0 Å². The molecular formula is C18H34ClN3O2. The van der Waals surface area contributed by atoms with Crippen molar-refractivity contribution in [3.63, 3.8) is 0 Å². The first-order chi connectivity index (χ1) is 10.9. The van der Waals surface area contributed by atoms with E-state index in [1.807, 2.05) is 18.7 Å². The molecule has 2 fully saturated rings. The number of amides is 2. The molecule has 0 bridgehead atoms. The quantitative estimate of drug-likeness (QED) is 0.764. The first-order valence-corrected chi connectivity index (χ1v) is 9.24. The highest BCUT2D eigenvalue weighted by Gasteiger charge is 2.39. The van der Waals surface area contributed by atoms with Gasteiger partial charge in [0.25, 0.3) is 0 Å². The first kappa shape index (κ1) is 21.2. The predicted octanol–water partition coefficient (Wildman–Crippen LogP) is 2.47. The average molecular weight is 360 g/mol. The Morgan fingerprint density at radius 1 is 1.25 bits per heavy atom. The fourth-order valence-electron chi connectivity index (χ4n) is 3.72. The molecule has 1 atom stereocenters. The van der Waals surface area contributed by atoms with Crippen molar-refractivity contribution < 1.29 is 9.59 Å². The summed E-state index contributed by atoms with van der Waals surface area (Å²) < 4.78 is 0. The zero-order valence-electron chi connectivity index (χ0n) is 15.3. The number of hydrogen-bond acceptors (Lipinski definition) is 3. The fraction of sp³-hybridized carbons (Fsp3) is 0.889. The third-order valence-electron chi connectivity index (χ3n) is 5.98. The Bertz CT molecular complexity index is 432. The van der Waals surface area contributed by atoms with E-state index in [9.17, 15) is 9.59 Å². The lowest BCUT2D eigenvalue weighted by molar-refractivity contribution is -0.131. The highest BCUT2D eigenvalue weighted by molar-refractivity contribution is 5.89. The minimum absolute atomic E-state index is 0. The second kappa shape index (κ2) is 9.04. The predicted molar refractivity (Wildman–Crippen MR) is 99.0 cm³/mol. The second-order valence-corrected chi connectivity index (χ2v) is 7.65. The van der Waals surface area contributed by atoms with E-state index in [1.54, 1.807) is 0 Å². The van der Waals surface area contributed by atoms with E-state index in [-0.39, 0.29) is 35.7 Å². The minimum Gasteiger partial charge on any atom is -0.354 e. The summed E-state index contributed by atoms with van der Waals surface area (Å²) in [6, 6.07) is 0.344. The molecule has 24 heavy (non-hydrogen) atoms. The third-order valence-corrected chi connectivity index (χ3v) is 5.98. The van der Waals surface area contributed by atoms with Crippen molar-refractivity contribution in [2.45, 2.75) is 77.3 Å². The summed E-state index contributed by atoms with van der Waals surface area (Å²) in [7, 11) is 0. The maximum Gasteiger partial charge on any atom is 0.225 e. The van der Waals surface area contributed by atoms with Crippen LogP contribution in [0, 0.1) is 11.8 Å². The molecule has 1 aliphatic heterocycles. The molecule has 1 heterocycles. The van der Waals surface area contributed by atoms with Gasteiger partial charge in [-0.3, -0.25) is 9.59 Å². The number of hydrogen-bond donors (Lipinski definition) is 2. The van der Waals surface area contributed by atoms with Crippen LogP contribution in [0.25, 0.3) is 0 Å².